The summed E-state index contributed by atoms with van der Waals surface area (Å²) in [6.45, 7) is 24.9. The second-order valence-corrected chi connectivity index (χ2v) is 31.0. The number of benzene rings is 2. The van der Waals surface area contributed by atoms with Crippen molar-refractivity contribution in [2.75, 3.05) is 95.7 Å². The molecule has 8 rings (SSSR count). The van der Waals surface area contributed by atoms with E-state index >= 15 is 0 Å². The van der Waals surface area contributed by atoms with Crippen molar-refractivity contribution in [1.29, 1.82) is 0 Å². The summed E-state index contributed by atoms with van der Waals surface area (Å²) in [4.78, 5) is 24.0. The minimum atomic E-state index is -3.08. The fourth-order valence-corrected chi connectivity index (χ4v) is 14.7. The molecule has 4 aromatic rings. The molecule has 2 aromatic heterocycles. The van der Waals surface area contributed by atoms with Gasteiger partial charge >= 0.3 is 29.6 Å². The first-order valence-electron chi connectivity index (χ1n) is 29.6. The predicted molar refractivity (Wildman–Crippen MR) is 324 cm³/mol. The first-order valence-corrected chi connectivity index (χ1v) is 34.1. The number of rotatable bonds is 26. The van der Waals surface area contributed by atoms with Gasteiger partial charge in [-0.2, -0.15) is 0 Å². The van der Waals surface area contributed by atoms with Crippen molar-refractivity contribution < 1.29 is 72.5 Å². The van der Waals surface area contributed by atoms with Gasteiger partial charge in [-0.15, -0.1) is 0 Å². The van der Waals surface area contributed by atoms with E-state index in [-0.39, 0.29) is 46.9 Å². The third-order valence-electron chi connectivity index (χ3n) is 16.4. The quantitative estimate of drug-likeness (QED) is 0.0467. The summed E-state index contributed by atoms with van der Waals surface area (Å²) < 4.78 is 54.2. The number of ether oxygens (including phenoxy) is 4. The molecule has 4 heterocycles. The van der Waals surface area contributed by atoms with Crippen LogP contribution < -0.4 is 58.3 Å². The van der Waals surface area contributed by atoms with E-state index in [0.29, 0.717) is 78.4 Å². The fourth-order valence-electron chi connectivity index (χ4n) is 11.6. The number of nitrogens with zero attached hydrogens (tertiary/aromatic N) is 4. The Morgan fingerprint density at radius 2 is 1.01 bits per heavy atom. The molecule has 16 heteroatoms. The summed E-state index contributed by atoms with van der Waals surface area (Å²) in [6, 6.07) is 21.2. The number of hydrogen-bond donors (Lipinski definition) is 1. The molecule has 0 spiro atoms. The topological polar surface area (TPSA) is 163 Å². The Morgan fingerprint density at radius 3 is 1.36 bits per heavy atom. The molecule has 2 aliphatic heterocycles. The number of methoxy groups -OCH3 is 2. The molecule has 2 aliphatic carbocycles. The third kappa shape index (κ3) is 22.5. The van der Waals surface area contributed by atoms with Crippen LogP contribution in [0.1, 0.15) is 160 Å². The van der Waals surface area contributed by atoms with Crippen LogP contribution in [-0.4, -0.2) is 106 Å². The van der Waals surface area contributed by atoms with Crippen LogP contribution in [0.15, 0.2) is 73.1 Å². The molecule has 13 nitrogen and oxygen atoms in total. The normalized spacial score (nSPS) is 18.5. The minimum absolute atomic E-state index is 0. The number of anilines is 2. The Hall–Kier alpha value is -3.12. The zero-order chi connectivity index (χ0) is 56.1. The number of hydrogen-bond acceptors (Lipinski definition) is 12. The van der Waals surface area contributed by atoms with Gasteiger partial charge in [0.1, 0.15) is 11.5 Å². The first-order chi connectivity index (χ1) is 37.1. The van der Waals surface area contributed by atoms with Gasteiger partial charge in [-0.3, -0.25) is 9.13 Å². The van der Waals surface area contributed by atoms with Gasteiger partial charge in [-0.1, -0.05) is 53.7 Å². The molecule has 4 fully saturated rings. The molecule has 2 N–H and O–H groups in total. The van der Waals surface area contributed by atoms with Crippen LogP contribution in [0.5, 0.6) is 23.3 Å². The van der Waals surface area contributed by atoms with Crippen LogP contribution in [0.25, 0.3) is 0 Å². The Labute approximate surface area is 504 Å². The summed E-state index contributed by atoms with van der Waals surface area (Å²) in [7, 11) is -2.20. The molecular weight excluding hydrogens is 1050 g/mol. The first kappa shape index (κ1) is 67.7. The van der Waals surface area contributed by atoms with Gasteiger partial charge in [0.2, 0.25) is 19.1 Å². The van der Waals surface area contributed by atoms with Crippen LogP contribution in [0.4, 0.5) is 11.4 Å². The zero-order valence-electron chi connectivity index (χ0n) is 51.1. The standard InChI is InChI=1S/C33H51N2O4P.C31H47N2O4P.Na.H2O/c1-7-39-40(6,36)24-30(26-10-11-26)28-14-18-34-32(21-28)38-23-25-15-19-35(20-16-25)31-22-29(37-5)13-12-27(31)9-8-17-33(2,3)4;1-31(2,3)15-6-7-25-10-11-27(36-4)20-29(25)33-17-13-23(14-18-33)21-37-30-19-26(12-16-32-30)28(24-8-9-24)22-38(5,34)35;;/h12-14,18,21-22,25-26,30H,7-11,15-17,19-20,23-24H2,1-6H3;10-12,16,19-20,23-24,28H,6-9,13-15,17-18,21-22H2,1-5H3,(H,34,35);;1H2/q;;+1;/p-1/t30-,40?;28-;;/m00../s1. The molecular formula is C64H99N4NaO9P2. The van der Waals surface area contributed by atoms with Crippen molar-refractivity contribution in [2.24, 2.45) is 34.5 Å². The van der Waals surface area contributed by atoms with Gasteiger partial charge in [0, 0.05) is 99.9 Å². The number of piperidine rings is 2. The molecule has 2 saturated heterocycles. The SMILES string of the molecule is CCOP(C)(=O)C[C@H](c1ccnc(OCC2CCN(c3cc(OC)ccc3CCCC(C)(C)C)CC2)c1)C1CC1.COc1ccc(CCCC(C)(C)C)c(N2CCC(COc3cc([C@@H](CP(C)(=O)O)C4CC4)ccn3)CC2)c1.[Na+].[OH-]. The second-order valence-electron chi connectivity index (χ2n) is 25.9. The van der Waals surface area contributed by atoms with E-state index in [4.69, 9.17) is 23.5 Å². The van der Waals surface area contributed by atoms with Crippen molar-refractivity contribution in [3.8, 4) is 23.3 Å². The van der Waals surface area contributed by atoms with Crippen molar-refractivity contribution in [3.05, 3.63) is 95.3 Å². The number of pyridine rings is 2. The van der Waals surface area contributed by atoms with E-state index in [9.17, 15) is 14.0 Å². The molecule has 440 valence electrons. The largest absolute Gasteiger partial charge is 1.00 e. The molecule has 2 unspecified atom stereocenters. The Balaban J connectivity index is 0.000000287. The van der Waals surface area contributed by atoms with E-state index in [1.54, 1.807) is 27.1 Å². The molecule has 2 aromatic carbocycles. The summed E-state index contributed by atoms with van der Waals surface area (Å²) in [5.41, 5.74) is 8.46. The van der Waals surface area contributed by atoms with E-state index in [0.717, 1.165) is 94.6 Å². The summed E-state index contributed by atoms with van der Waals surface area (Å²) in [5, 5.41) is 0. The van der Waals surface area contributed by atoms with Gasteiger partial charge < -0.3 is 43.6 Å². The van der Waals surface area contributed by atoms with E-state index in [1.165, 1.54) is 73.3 Å². The fraction of sp³-hybridized carbons (Fsp3) is 0.656. The Morgan fingerprint density at radius 1 is 0.613 bits per heavy atom. The van der Waals surface area contributed by atoms with E-state index in [1.807, 2.05) is 25.3 Å². The van der Waals surface area contributed by atoms with E-state index < -0.39 is 14.7 Å². The molecule has 80 heavy (non-hydrogen) atoms. The van der Waals surface area contributed by atoms with Crippen LogP contribution >= 0.6 is 14.7 Å². The zero-order valence-corrected chi connectivity index (χ0v) is 54.9. The molecule has 0 amide bonds. The van der Waals surface area contributed by atoms with Crippen molar-refractivity contribution in [3.63, 3.8) is 0 Å². The minimum Gasteiger partial charge on any atom is -0.870 e. The molecule has 0 radical (unpaired) electrons. The van der Waals surface area contributed by atoms with Gasteiger partial charge in [0.25, 0.3) is 0 Å². The maximum atomic E-state index is 12.9. The monoisotopic (exact) mass is 1150 g/mol. The molecule has 4 atom stereocenters. The van der Waals surface area contributed by atoms with Crippen LogP contribution in [0.2, 0.25) is 0 Å². The van der Waals surface area contributed by atoms with Gasteiger partial charge in [0.05, 0.1) is 34.0 Å². The smallest absolute Gasteiger partial charge is 0.870 e. The summed E-state index contributed by atoms with van der Waals surface area (Å²) >= 11 is 0. The van der Waals surface area contributed by atoms with E-state index in [2.05, 4.69) is 110 Å². The van der Waals surface area contributed by atoms with Crippen LogP contribution in [0, 0.1) is 34.5 Å². The van der Waals surface area contributed by atoms with Gasteiger partial charge in [-0.25, -0.2) is 9.97 Å². The predicted octanol–water partition coefficient (Wildman–Crippen LogP) is 12.2. The maximum Gasteiger partial charge on any atom is 1.00 e. The second kappa shape index (κ2) is 31.1. The Kier molecular flexibility index (Phi) is 26.3. The number of aromatic nitrogens is 2. The summed E-state index contributed by atoms with van der Waals surface area (Å²) in [6.07, 6.45) is 20.6. The van der Waals surface area contributed by atoms with Crippen molar-refractivity contribution in [2.45, 2.75) is 150 Å². The van der Waals surface area contributed by atoms with Gasteiger partial charge in [-0.05, 0) is 190 Å². The Bertz CT molecular complexity index is 2600. The van der Waals surface area contributed by atoms with Crippen molar-refractivity contribution in [1.82, 2.24) is 9.97 Å². The molecule has 0 bridgehead atoms. The van der Waals surface area contributed by atoms with Crippen LogP contribution in [-0.2, 0) is 26.5 Å². The average molecular weight is 1150 g/mol. The summed E-state index contributed by atoms with van der Waals surface area (Å²) in [5.74, 6) is 5.60. The maximum absolute atomic E-state index is 12.9. The van der Waals surface area contributed by atoms with Crippen molar-refractivity contribution >= 4 is 26.1 Å². The molecule has 2 saturated carbocycles. The average Bonchev–Trinajstić information content (AvgIpc) is 4.37. The molecule has 4 aliphatic rings. The number of aryl methyl sites for hydroxylation is 2. The third-order valence-corrected chi connectivity index (χ3v) is 19.3. The van der Waals surface area contributed by atoms with Crippen LogP contribution in [0.3, 0.4) is 0 Å². The van der Waals surface area contributed by atoms with Gasteiger partial charge in [0.15, 0.2) is 7.37 Å².